The standard InChI is InChI=1S/C23H30N4O2/c1-16-6-8-20(9-7-16)29-17(2)23(28)27-11-4-5-18(15-27)22-24-13-19-14-26(3)12-10-21(19)25-22/h6-9,13,17-18H,4-5,10-12,14-15H2,1-3H3. The van der Waals surface area contributed by atoms with Crippen LogP contribution in [0.2, 0.25) is 0 Å². The maximum atomic E-state index is 13.0. The van der Waals surface area contributed by atoms with Crippen LogP contribution in [0.1, 0.15) is 48.3 Å². The summed E-state index contributed by atoms with van der Waals surface area (Å²) in [5, 5.41) is 0. The molecule has 1 saturated heterocycles. The van der Waals surface area contributed by atoms with Gasteiger partial charge in [0.2, 0.25) is 0 Å². The zero-order chi connectivity index (χ0) is 20.4. The third-order valence-electron chi connectivity index (χ3n) is 5.92. The van der Waals surface area contributed by atoms with E-state index < -0.39 is 6.10 Å². The van der Waals surface area contributed by atoms with E-state index in [-0.39, 0.29) is 11.8 Å². The molecule has 6 nitrogen and oxygen atoms in total. The zero-order valence-corrected chi connectivity index (χ0v) is 17.6. The maximum absolute atomic E-state index is 13.0. The minimum atomic E-state index is -0.503. The number of carbonyl (C=O) groups is 1. The number of aryl methyl sites for hydroxylation is 1. The Morgan fingerprint density at radius 1 is 1.24 bits per heavy atom. The van der Waals surface area contributed by atoms with E-state index >= 15 is 0 Å². The average molecular weight is 395 g/mol. The molecule has 1 fully saturated rings. The molecule has 2 aliphatic rings. The number of hydrogen-bond acceptors (Lipinski definition) is 5. The number of piperidine rings is 1. The average Bonchev–Trinajstić information content (AvgIpc) is 2.74. The molecule has 1 amide bonds. The lowest BCUT2D eigenvalue weighted by atomic mass is 9.96. The highest BCUT2D eigenvalue weighted by Gasteiger charge is 2.30. The lowest BCUT2D eigenvalue weighted by Gasteiger charge is -2.34. The summed E-state index contributed by atoms with van der Waals surface area (Å²) in [4.78, 5) is 26.7. The molecule has 6 heteroatoms. The summed E-state index contributed by atoms with van der Waals surface area (Å²) in [6, 6.07) is 7.82. The highest BCUT2D eigenvalue weighted by molar-refractivity contribution is 5.81. The molecular weight excluding hydrogens is 364 g/mol. The van der Waals surface area contributed by atoms with E-state index in [4.69, 9.17) is 9.72 Å². The van der Waals surface area contributed by atoms with E-state index in [1.54, 1.807) is 0 Å². The smallest absolute Gasteiger partial charge is 0.263 e. The van der Waals surface area contributed by atoms with Crippen molar-refractivity contribution in [1.29, 1.82) is 0 Å². The Morgan fingerprint density at radius 3 is 2.83 bits per heavy atom. The van der Waals surface area contributed by atoms with E-state index in [2.05, 4.69) is 16.9 Å². The third-order valence-corrected chi connectivity index (χ3v) is 5.92. The van der Waals surface area contributed by atoms with Crippen molar-refractivity contribution in [3.63, 3.8) is 0 Å². The number of aromatic nitrogens is 2. The predicted octanol–water partition coefficient (Wildman–Crippen LogP) is 2.95. The number of carbonyl (C=O) groups excluding carboxylic acids is 1. The highest BCUT2D eigenvalue weighted by Crippen LogP contribution is 2.27. The summed E-state index contributed by atoms with van der Waals surface area (Å²) >= 11 is 0. The largest absolute Gasteiger partial charge is 0.481 e. The van der Waals surface area contributed by atoms with Gasteiger partial charge in [-0.15, -0.1) is 0 Å². The first kappa shape index (κ1) is 19.8. The number of fused-ring (bicyclic) bond motifs is 1. The van der Waals surface area contributed by atoms with Crippen molar-refractivity contribution in [1.82, 2.24) is 19.8 Å². The molecule has 1 aromatic heterocycles. The minimum Gasteiger partial charge on any atom is -0.481 e. The van der Waals surface area contributed by atoms with Crippen LogP contribution in [0.5, 0.6) is 5.75 Å². The Bertz CT molecular complexity index is 868. The van der Waals surface area contributed by atoms with Gasteiger partial charge in [0.1, 0.15) is 11.6 Å². The Balaban J connectivity index is 1.41. The van der Waals surface area contributed by atoms with Crippen molar-refractivity contribution in [3.05, 3.63) is 53.1 Å². The molecule has 3 heterocycles. The molecule has 0 saturated carbocycles. The van der Waals surface area contributed by atoms with Gasteiger partial charge in [-0.2, -0.15) is 0 Å². The first-order valence-electron chi connectivity index (χ1n) is 10.5. The van der Waals surface area contributed by atoms with E-state index in [1.807, 2.05) is 49.2 Å². The summed E-state index contributed by atoms with van der Waals surface area (Å²) < 4.78 is 5.88. The zero-order valence-electron chi connectivity index (χ0n) is 17.6. The molecule has 2 atom stereocenters. The van der Waals surface area contributed by atoms with Crippen molar-refractivity contribution < 1.29 is 9.53 Å². The van der Waals surface area contributed by atoms with Crippen molar-refractivity contribution in [3.8, 4) is 5.75 Å². The molecule has 0 aliphatic carbocycles. The number of nitrogens with zero attached hydrogens (tertiary/aromatic N) is 4. The van der Waals surface area contributed by atoms with Gasteiger partial charge in [0, 0.05) is 56.0 Å². The second kappa shape index (κ2) is 8.49. The molecule has 1 aromatic carbocycles. The Labute approximate surface area is 172 Å². The topological polar surface area (TPSA) is 58.6 Å². The highest BCUT2D eigenvalue weighted by atomic mass is 16.5. The number of amides is 1. The van der Waals surface area contributed by atoms with Gasteiger partial charge in [-0.1, -0.05) is 17.7 Å². The van der Waals surface area contributed by atoms with Gasteiger partial charge in [0.05, 0.1) is 0 Å². The van der Waals surface area contributed by atoms with E-state index in [0.29, 0.717) is 6.54 Å². The van der Waals surface area contributed by atoms with Gasteiger partial charge in [-0.25, -0.2) is 9.97 Å². The second-order valence-electron chi connectivity index (χ2n) is 8.38. The Morgan fingerprint density at radius 2 is 2.03 bits per heavy atom. The van der Waals surface area contributed by atoms with Crippen LogP contribution in [0.4, 0.5) is 0 Å². The molecule has 2 aliphatic heterocycles. The van der Waals surface area contributed by atoms with Crippen molar-refractivity contribution >= 4 is 5.91 Å². The molecular formula is C23H30N4O2. The number of likely N-dealkylation sites (N-methyl/N-ethyl adjacent to an activating group) is 1. The van der Waals surface area contributed by atoms with Crippen LogP contribution in [0.25, 0.3) is 0 Å². The van der Waals surface area contributed by atoms with Gasteiger partial charge in [0.15, 0.2) is 6.10 Å². The van der Waals surface area contributed by atoms with E-state index in [9.17, 15) is 4.79 Å². The van der Waals surface area contributed by atoms with Crippen LogP contribution in [0, 0.1) is 6.92 Å². The van der Waals surface area contributed by atoms with Crippen molar-refractivity contribution in [2.75, 3.05) is 26.7 Å². The summed E-state index contributed by atoms with van der Waals surface area (Å²) in [7, 11) is 2.13. The molecule has 2 unspecified atom stereocenters. The maximum Gasteiger partial charge on any atom is 0.263 e. The van der Waals surface area contributed by atoms with Crippen LogP contribution < -0.4 is 4.74 Å². The van der Waals surface area contributed by atoms with Crippen LogP contribution in [0.3, 0.4) is 0 Å². The van der Waals surface area contributed by atoms with Crippen molar-refractivity contribution in [2.45, 2.75) is 51.7 Å². The van der Waals surface area contributed by atoms with Crippen molar-refractivity contribution in [2.24, 2.45) is 0 Å². The summed E-state index contributed by atoms with van der Waals surface area (Å²) in [5.41, 5.74) is 3.57. The third kappa shape index (κ3) is 4.58. The normalized spacial score (nSPS) is 20.8. The Hall–Kier alpha value is -2.47. The quantitative estimate of drug-likeness (QED) is 0.798. The molecule has 29 heavy (non-hydrogen) atoms. The minimum absolute atomic E-state index is 0.0369. The fourth-order valence-corrected chi connectivity index (χ4v) is 4.19. The summed E-state index contributed by atoms with van der Waals surface area (Å²) in [6.07, 6.45) is 4.44. The number of hydrogen-bond donors (Lipinski definition) is 0. The lowest BCUT2D eigenvalue weighted by molar-refractivity contribution is -0.139. The predicted molar refractivity (Wildman–Crippen MR) is 112 cm³/mol. The van der Waals surface area contributed by atoms with Gasteiger partial charge in [-0.3, -0.25) is 4.79 Å². The van der Waals surface area contributed by atoms with E-state index in [0.717, 1.165) is 50.5 Å². The summed E-state index contributed by atoms with van der Waals surface area (Å²) in [6.45, 7) is 7.25. The molecule has 154 valence electrons. The molecule has 0 spiro atoms. The Kier molecular flexibility index (Phi) is 5.81. The van der Waals surface area contributed by atoms with Crippen LogP contribution in [-0.4, -0.2) is 58.5 Å². The van der Waals surface area contributed by atoms with Crippen LogP contribution >= 0.6 is 0 Å². The monoisotopic (exact) mass is 394 g/mol. The van der Waals surface area contributed by atoms with Crippen LogP contribution in [-0.2, 0) is 17.8 Å². The van der Waals surface area contributed by atoms with Gasteiger partial charge in [-0.05, 0) is 45.9 Å². The van der Waals surface area contributed by atoms with Gasteiger partial charge >= 0.3 is 0 Å². The number of benzene rings is 1. The molecule has 0 N–H and O–H groups in total. The first-order valence-corrected chi connectivity index (χ1v) is 10.5. The van der Waals surface area contributed by atoms with Gasteiger partial charge in [0.25, 0.3) is 5.91 Å². The molecule has 4 rings (SSSR count). The van der Waals surface area contributed by atoms with E-state index in [1.165, 1.54) is 16.8 Å². The number of likely N-dealkylation sites (tertiary alicyclic amines) is 1. The number of ether oxygens (including phenoxy) is 1. The lowest BCUT2D eigenvalue weighted by Crippen LogP contribution is -2.45. The fourth-order valence-electron chi connectivity index (χ4n) is 4.19. The molecule has 0 radical (unpaired) electrons. The fraction of sp³-hybridized carbons (Fsp3) is 0.522. The second-order valence-corrected chi connectivity index (χ2v) is 8.38. The molecule has 2 aromatic rings. The van der Waals surface area contributed by atoms with Gasteiger partial charge < -0.3 is 14.5 Å². The summed E-state index contributed by atoms with van der Waals surface area (Å²) in [5.74, 6) is 1.85. The van der Waals surface area contributed by atoms with Crippen LogP contribution in [0.15, 0.2) is 30.5 Å². The molecule has 0 bridgehead atoms. The first-order chi connectivity index (χ1) is 14.0. The number of rotatable bonds is 4. The SMILES string of the molecule is Cc1ccc(OC(C)C(=O)N2CCCC(c3ncc4c(n3)CCN(C)C4)C2)cc1.